The molecule has 208 valence electrons. The number of nitrogens with one attached hydrogen (secondary N) is 1. The molecular weight excluding hydrogens is 516 g/mol. The molecule has 2 heterocycles. The number of hydrogen-bond acceptors (Lipinski definition) is 4. The number of urea groups is 1. The predicted molar refractivity (Wildman–Crippen MR) is 144 cm³/mol. The summed E-state index contributed by atoms with van der Waals surface area (Å²) in [5, 5.41) is 6.16. The van der Waals surface area contributed by atoms with Crippen LogP contribution in [-0.2, 0) is 22.7 Å². The summed E-state index contributed by atoms with van der Waals surface area (Å²) >= 11 is 0. The Balaban J connectivity index is 1.46. The van der Waals surface area contributed by atoms with Gasteiger partial charge in [0.25, 0.3) is 5.91 Å². The Hall–Kier alpha value is -4.31. The first-order chi connectivity index (χ1) is 19.4. The topological polar surface area (TPSA) is 76.2 Å². The highest BCUT2D eigenvalue weighted by molar-refractivity contribution is 5.92. The van der Waals surface area contributed by atoms with E-state index < -0.39 is 23.8 Å². The molecule has 2 atom stereocenters. The summed E-state index contributed by atoms with van der Waals surface area (Å²) in [6.07, 6.45) is -0.0187. The van der Waals surface area contributed by atoms with Gasteiger partial charge in [-0.1, -0.05) is 73.7 Å². The minimum absolute atomic E-state index is 0.0525. The number of carbonyl (C=O) groups excluding carboxylic acids is 3. The van der Waals surface area contributed by atoms with Crippen molar-refractivity contribution in [2.24, 2.45) is 0 Å². The molecule has 0 radical (unpaired) electrons. The Morgan fingerprint density at radius 1 is 1.00 bits per heavy atom. The minimum Gasteiger partial charge on any atom is -0.333 e. The van der Waals surface area contributed by atoms with Crippen molar-refractivity contribution in [3.8, 4) is 0 Å². The van der Waals surface area contributed by atoms with Gasteiger partial charge in [0.1, 0.15) is 23.8 Å². The van der Waals surface area contributed by atoms with Crippen LogP contribution in [0.1, 0.15) is 36.1 Å². The van der Waals surface area contributed by atoms with Crippen LogP contribution in [0.2, 0.25) is 0 Å². The SMILES string of the molecule is CCCN(C(=O)NCc1ccccc1)N1CC(=O)N2[C@@H](c3ccccc3)C(=O)N(Cc3ccc(F)cc3F)C[C@@H]21. The molecule has 0 aromatic heterocycles. The zero-order valence-corrected chi connectivity index (χ0v) is 22.2. The molecular formula is C30H31F2N5O3. The van der Waals surface area contributed by atoms with E-state index in [4.69, 9.17) is 0 Å². The van der Waals surface area contributed by atoms with Gasteiger partial charge in [-0.3, -0.25) is 14.6 Å². The third kappa shape index (κ3) is 5.53. The van der Waals surface area contributed by atoms with Gasteiger partial charge in [0, 0.05) is 31.3 Å². The average Bonchev–Trinajstić information content (AvgIpc) is 3.28. The maximum atomic E-state index is 14.6. The van der Waals surface area contributed by atoms with Crippen molar-refractivity contribution < 1.29 is 23.2 Å². The molecule has 40 heavy (non-hydrogen) atoms. The molecule has 3 aromatic carbocycles. The van der Waals surface area contributed by atoms with Crippen molar-refractivity contribution in [3.05, 3.63) is 107 Å². The molecule has 5 rings (SSSR count). The van der Waals surface area contributed by atoms with Crippen LogP contribution in [0.25, 0.3) is 0 Å². The number of piperazine rings is 1. The number of amides is 4. The van der Waals surface area contributed by atoms with Gasteiger partial charge in [-0.15, -0.1) is 0 Å². The molecule has 0 unspecified atom stereocenters. The first kappa shape index (κ1) is 27.3. The smallest absolute Gasteiger partial charge is 0.332 e. The van der Waals surface area contributed by atoms with E-state index in [-0.39, 0.29) is 43.0 Å². The number of hydrazine groups is 1. The average molecular weight is 548 g/mol. The Morgan fingerprint density at radius 2 is 1.70 bits per heavy atom. The second-order valence-corrected chi connectivity index (χ2v) is 9.91. The molecule has 2 aliphatic heterocycles. The van der Waals surface area contributed by atoms with Crippen molar-refractivity contribution in [1.29, 1.82) is 0 Å². The Kier molecular flexibility index (Phi) is 8.06. The van der Waals surface area contributed by atoms with Crippen LogP contribution < -0.4 is 5.32 Å². The standard InChI is InChI=1S/C30H31F2N5O3/c1-2-15-35(30(40)33-17-21-9-5-3-6-10-21)36-20-27(38)37-26(36)19-34(18-23-13-14-24(31)16-25(23)32)29(39)28(37)22-11-7-4-8-12-22/h3-14,16,26,28H,2,15,17-20H2,1H3,(H,33,40)/t26-,28+/m1/s1. The van der Waals surface area contributed by atoms with Crippen LogP contribution in [0.3, 0.4) is 0 Å². The van der Waals surface area contributed by atoms with E-state index in [1.165, 1.54) is 20.9 Å². The van der Waals surface area contributed by atoms with Crippen LogP contribution >= 0.6 is 0 Å². The fourth-order valence-electron chi connectivity index (χ4n) is 5.32. The lowest BCUT2D eigenvalue weighted by Gasteiger charge is -2.46. The van der Waals surface area contributed by atoms with Crippen LogP contribution in [0, 0.1) is 11.6 Å². The molecule has 2 saturated heterocycles. The molecule has 0 spiro atoms. The quantitative estimate of drug-likeness (QED) is 0.462. The van der Waals surface area contributed by atoms with E-state index in [1.807, 2.05) is 43.3 Å². The van der Waals surface area contributed by atoms with E-state index in [1.54, 1.807) is 29.3 Å². The van der Waals surface area contributed by atoms with Gasteiger partial charge >= 0.3 is 6.03 Å². The van der Waals surface area contributed by atoms with Crippen LogP contribution in [0.15, 0.2) is 78.9 Å². The lowest BCUT2D eigenvalue weighted by molar-refractivity contribution is -0.158. The third-order valence-electron chi connectivity index (χ3n) is 7.22. The van der Waals surface area contributed by atoms with E-state index in [9.17, 15) is 23.2 Å². The number of benzene rings is 3. The van der Waals surface area contributed by atoms with Crippen LogP contribution in [-0.4, -0.2) is 63.5 Å². The fourth-order valence-corrected chi connectivity index (χ4v) is 5.32. The van der Waals surface area contributed by atoms with Gasteiger partial charge in [-0.05, 0) is 23.6 Å². The first-order valence-corrected chi connectivity index (χ1v) is 13.3. The van der Waals surface area contributed by atoms with Crippen molar-refractivity contribution in [2.75, 3.05) is 19.6 Å². The van der Waals surface area contributed by atoms with Crippen LogP contribution in [0.5, 0.6) is 0 Å². The zero-order valence-electron chi connectivity index (χ0n) is 22.2. The Labute approximate surface area is 231 Å². The number of nitrogens with zero attached hydrogens (tertiary/aromatic N) is 4. The summed E-state index contributed by atoms with van der Waals surface area (Å²) in [5.41, 5.74) is 1.72. The minimum atomic E-state index is -0.947. The number of hydrogen-bond donors (Lipinski definition) is 1. The predicted octanol–water partition coefficient (Wildman–Crippen LogP) is 4.06. The van der Waals surface area contributed by atoms with Gasteiger partial charge in [0.05, 0.1) is 13.1 Å². The summed E-state index contributed by atoms with van der Waals surface area (Å²) < 4.78 is 28.2. The maximum absolute atomic E-state index is 14.6. The highest BCUT2D eigenvalue weighted by atomic mass is 19.1. The van der Waals surface area contributed by atoms with E-state index in [0.29, 0.717) is 25.1 Å². The van der Waals surface area contributed by atoms with Crippen molar-refractivity contribution >= 4 is 17.8 Å². The molecule has 3 aromatic rings. The van der Waals surface area contributed by atoms with Crippen molar-refractivity contribution in [3.63, 3.8) is 0 Å². The number of fused-ring (bicyclic) bond motifs is 1. The molecule has 0 bridgehead atoms. The summed E-state index contributed by atoms with van der Waals surface area (Å²) in [4.78, 5) is 43.7. The molecule has 0 saturated carbocycles. The summed E-state index contributed by atoms with van der Waals surface area (Å²) in [6.45, 7) is 2.48. The number of halogens is 2. The highest BCUT2D eigenvalue weighted by Crippen LogP contribution is 2.36. The van der Waals surface area contributed by atoms with Gasteiger partial charge < -0.3 is 15.1 Å². The van der Waals surface area contributed by atoms with Gasteiger partial charge in [0.15, 0.2) is 0 Å². The monoisotopic (exact) mass is 547 g/mol. The van der Waals surface area contributed by atoms with Gasteiger partial charge in [0.2, 0.25) is 5.91 Å². The lowest BCUT2D eigenvalue weighted by atomic mass is 10.00. The summed E-state index contributed by atoms with van der Waals surface area (Å²) in [6, 6.07) is 20.4. The molecule has 10 heteroatoms. The van der Waals surface area contributed by atoms with Crippen LogP contribution in [0.4, 0.5) is 13.6 Å². The van der Waals surface area contributed by atoms with Gasteiger partial charge in [-0.25, -0.2) is 13.6 Å². The second-order valence-electron chi connectivity index (χ2n) is 9.91. The summed E-state index contributed by atoms with van der Waals surface area (Å²) in [7, 11) is 0. The highest BCUT2D eigenvalue weighted by Gasteiger charge is 2.52. The molecule has 4 amide bonds. The van der Waals surface area contributed by atoms with E-state index in [0.717, 1.165) is 17.7 Å². The Bertz CT molecular complexity index is 1370. The van der Waals surface area contributed by atoms with E-state index in [2.05, 4.69) is 5.32 Å². The molecule has 0 aliphatic carbocycles. The number of carbonyl (C=O) groups is 3. The maximum Gasteiger partial charge on any atom is 0.332 e. The van der Waals surface area contributed by atoms with Crippen molar-refractivity contribution in [1.82, 2.24) is 25.1 Å². The molecule has 8 nitrogen and oxygen atoms in total. The largest absolute Gasteiger partial charge is 0.333 e. The molecule has 1 N–H and O–H groups in total. The second kappa shape index (κ2) is 11.8. The first-order valence-electron chi connectivity index (χ1n) is 13.3. The summed E-state index contributed by atoms with van der Waals surface area (Å²) in [5.74, 6) is -2.10. The van der Waals surface area contributed by atoms with Crippen molar-refractivity contribution in [2.45, 2.75) is 38.6 Å². The molecule has 2 aliphatic rings. The Morgan fingerprint density at radius 3 is 2.38 bits per heavy atom. The number of rotatable bonds is 8. The normalized spacial score (nSPS) is 19.1. The zero-order chi connectivity index (χ0) is 28.2. The fraction of sp³-hybridized carbons (Fsp3) is 0.300. The third-order valence-corrected chi connectivity index (χ3v) is 7.22. The molecule has 2 fully saturated rings. The lowest BCUT2D eigenvalue weighted by Crippen LogP contribution is -2.62. The van der Waals surface area contributed by atoms with E-state index >= 15 is 0 Å². The van der Waals surface area contributed by atoms with Gasteiger partial charge in [-0.2, -0.15) is 5.01 Å².